The Balaban J connectivity index is 2.57. The normalized spacial score (nSPS) is 11.7. The number of carbonyl (C=O) groups is 2. The number of esters is 1. The van der Waals surface area contributed by atoms with Crippen molar-refractivity contribution in [3.05, 3.63) is 29.8 Å². The molecule has 0 saturated heterocycles. The van der Waals surface area contributed by atoms with Crippen LogP contribution in [-0.4, -0.2) is 36.7 Å². The van der Waals surface area contributed by atoms with Crippen molar-refractivity contribution in [1.29, 1.82) is 0 Å². The molecule has 0 aliphatic heterocycles. The molecule has 0 spiro atoms. The second kappa shape index (κ2) is 6.61. The summed E-state index contributed by atoms with van der Waals surface area (Å²) in [5, 5.41) is 11.5. The number of aliphatic carboxylic acids is 1. The number of hydrogen-bond acceptors (Lipinski definition) is 5. The molecule has 0 bridgehead atoms. The van der Waals surface area contributed by atoms with Crippen molar-refractivity contribution in [3.8, 4) is 0 Å². The Morgan fingerprint density at radius 2 is 2.22 bits per heavy atom. The maximum Gasteiger partial charge on any atom is 0.337 e. The zero-order valence-electron chi connectivity index (χ0n) is 10.1. The van der Waals surface area contributed by atoms with Gasteiger partial charge in [0.05, 0.1) is 19.1 Å². The predicted molar refractivity (Wildman–Crippen MR) is 66.5 cm³/mol. The molecule has 0 saturated carbocycles. The van der Waals surface area contributed by atoms with Crippen LogP contribution in [0.15, 0.2) is 24.3 Å². The number of carboxylic acid groups (broad SMARTS) is 1. The fourth-order valence-corrected chi connectivity index (χ4v) is 1.42. The summed E-state index contributed by atoms with van der Waals surface area (Å²) in [4.78, 5) is 21.7. The number of methoxy groups -OCH3 is 1. The highest BCUT2D eigenvalue weighted by Gasteiger charge is 2.09. The monoisotopic (exact) mass is 252 g/mol. The summed E-state index contributed by atoms with van der Waals surface area (Å²) < 4.78 is 4.60. The predicted octanol–water partition coefficient (Wildman–Crippen LogP) is 0.687. The molecule has 0 amide bonds. The van der Waals surface area contributed by atoms with E-state index in [1.807, 2.05) is 0 Å². The van der Waals surface area contributed by atoms with Crippen LogP contribution in [0.4, 0.5) is 5.69 Å². The van der Waals surface area contributed by atoms with E-state index in [0.717, 1.165) is 0 Å². The first-order valence-corrected chi connectivity index (χ1v) is 5.42. The summed E-state index contributed by atoms with van der Waals surface area (Å²) in [6.45, 7) is 0.316. The molecule has 0 radical (unpaired) electrons. The number of ether oxygens (including phenoxy) is 1. The van der Waals surface area contributed by atoms with E-state index in [-0.39, 0.29) is 6.42 Å². The van der Waals surface area contributed by atoms with E-state index >= 15 is 0 Å². The number of rotatable bonds is 6. The molecule has 0 aromatic heterocycles. The van der Waals surface area contributed by atoms with E-state index in [4.69, 9.17) is 10.8 Å². The van der Waals surface area contributed by atoms with Crippen molar-refractivity contribution in [2.75, 3.05) is 19.0 Å². The number of nitrogens with one attached hydrogen (secondary N) is 1. The van der Waals surface area contributed by atoms with Crippen LogP contribution in [0.2, 0.25) is 0 Å². The smallest absolute Gasteiger partial charge is 0.337 e. The van der Waals surface area contributed by atoms with Gasteiger partial charge in [-0.2, -0.15) is 0 Å². The summed E-state index contributed by atoms with van der Waals surface area (Å²) >= 11 is 0. The molecule has 1 rings (SSSR count). The molecule has 0 aliphatic carbocycles. The Kier molecular flexibility index (Phi) is 5.13. The number of nitrogens with two attached hydrogens (primary N) is 1. The van der Waals surface area contributed by atoms with Crippen molar-refractivity contribution in [2.24, 2.45) is 5.73 Å². The lowest BCUT2D eigenvalue weighted by atomic mass is 10.2. The largest absolute Gasteiger partial charge is 0.481 e. The summed E-state index contributed by atoms with van der Waals surface area (Å²) in [5.41, 5.74) is 6.73. The highest BCUT2D eigenvalue weighted by atomic mass is 16.5. The van der Waals surface area contributed by atoms with E-state index in [2.05, 4.69) is 10.1 Å². The van der Waals surface area contributed by atoms with Gasteiger partial charge in [0, 0.05) is 18.3 Å². The third-order valence-corrected chi connectivity index (χ3v) is 2.29. The van der Waals surface area contributed by atoms with Crippen LogP contribution < -0.4 is 11.1 Å². The third-order valence-electron chi connectivity index (χ3n) is 2.29. The van der Waals surface area contributed by atoms with Crippen LogP contribution in [-0.2, 0) is 9.53 Å². The first kappa shape index (κ1) is 14.0. The molecule has 0 fully saturated rings. The van der Waals surface area contributed by atoms with Gasteiger partial charge < -0.3 is 20.9 Å². The van der Waals surface area contributed by atoms with Gasteiger partial charge in [0.25, 0.3) is 0 Å². The fourth-order valence-electron chi connectivity index (χ4n) is 1.42. The lowest BCUT2D eigenvalue weighted by molar-refractivity contribution is -0.137. The summed E-state index contributed by atoms with van der Waals surface area (Å²) in [7, 11) is 1.31. The van der Waals surface area contributed by atoms with E-state index in [0.29, 0.717) is 17.8 Å². The zero-order chi connectivity index (χ0) is 13.5. The molecule has 0 heterocycles. The Morgan fingerprint density at radius 3 is 2.83 bits per heavy atom. The van der Waals surface area contributed by atoms with Crippen LogP contribution in [0.3, 0.4) is 0 Å². The van der Waals surface area contributed by atoms with Crippen molar-refractivity contribution in [3.63, 3.8) is 0 Å². The van der Waals surface area contributed by atoms with E-state index in [1.165, 1.54) is 7.11 Å². The van der Waals surface area contributed by atoms with E-state index in [1.54, 1.807) is 24.3 Å². The van der Waals surface area contributed by atoms with Gasteiger partial charge in [-0.25, -0.2) is 4.79 Å². The first-order chi connectivity index (χ1) is 8.52. The molecule has 98 valence electrons. The van der Waals surface area contributed by atoms with Crippen LogP contribution in [0, 0.1) is 0 Å². The minimum Gasteiger partial charge on any atom is -0.481 e. The summed E-state index contributed by atoms with van der Waals surface area (Å²) in [6, 6.07) is 6.24. The van der Waals surface area contributed by atoms with Crippen LogP contribution in [0.25, 0.3) is 0 Å². The van der Waals surface area contributed by atoms with Crippen LogP contribution in [0.1, 0.15) is 16.8 Å². The van der Waals surface area contributed by atoms with Gasteiger partial charge >= 0.3 is 11.9 Å². The summed E-state index contributed by atoms with van der Waals surface area (Å²) in [5.74, 6) is -1.36. The summed E-state index contributed by atoms with van der Waals surface area (Å²) in [6.07, 6.45) is -0.107. The van der Waals surface area contributed by atoms with Crippen molar-refractivity contribution < 1.29 is 19.4 Å². The quantitative estimate of drug-likeness (QED) is 0.644. The molecule has 1 aromatic carbocycles. The number of carboxylic acids is 1. The highest BCUT2D eigenvalue weighted by Crippen LogP contribution is 2.11. The van der Waals surface area contributed by atoms with Gasteiger partial charge in [-0.05, 0) is 18.2 Å². The average molecular weight is 252 g/mol. The third kappa shape index (κ3) is 4.42. The number of carbonyl (C=O) groups excluding carboxylic acids is 1. The van der Waals surface area contributed by atoms with Gasteiger partial charge in [-0.1, -0.05) is 6.07 Å². The zero-order valence-corrected chi connectivity index (χ0v) is 10.1. The van der Waals surface area contributed by atoms with Gasteiger partial charge in [0.1, 0.15) is 0 Å². The number of hydrogen-bond donors (Lipinski definition) is 3. The molecule has 1 atom stereocenters. The second-order valence-corrected chi connectivity index (χ2v) is 3.81. The van der Waals surface area contributed by atoms with Crippen molar-refractivity contribution >= 4 is 17.6 Å². The molecular formula is C12H16N2O4. The average Bonchev–Trinajstić information content (AvgIpc) is 2.35. The minimum absolute atomic E-state index is 0.107. The first-order valence-electron chi connectivity index (χ1n) is 5.42. The van der Waals surface area contributed by atoms with Gasteiger partial charge in [-0.3, -0.25) is 4.79 Å². The molecule has 6 nitrogen and oxygen atoms in total. The maximum atomic E-state index is 11.3. The van der Waals surface area contributed by atoms with Crippen LogP contribution >= 0.6 is 0 Å². The number of anilines is 1. The van der Waals surface area contributed by atoms with Crippen molar-refractivity contribution in [2.45, 2.75) is 12.5 Å². The molecule has 0 aliphatic rings. The standard InChI is InChI=1S/C12H16N2O4/c1-18-12(17)8-3-2-4-10(5-8)14-7-9(13)6-11(15)16/h2-5,9,14H,6-7,13H2,1H3,(H,15,16). The number of benzene rings is 1. The molecule has 18 heavy (non-hydrogen) atoms. The van der Waals surface area contributed by atoms with E-state index < -0.39 is 18.0 Å². The fraction of sp³-hybridized carbons (Fsp3) is 0.333. The van der Waals surface area contributed by atoms with Crippen molar-refractivity contribution in [1.82, 2.24) is 0 Å². The second-order valence-electron chi connectivity index (χ2n) is 3.81. The SMILES string of the molecule is COC(=O)c1cccc(NCC(N)CC(=O)O)c1. The Labute approximate surface area is 105 Å². The van der Waals surface area contributed by atoms with Crippen LogP contribution in [0.5, 0.6) is 0 Å². The topological polar surface area (TPSA) is 102 Å². The lowest BCUT2D eigenvalue weighted by Crippen LogP contribution is -2.31. The lowest BCUT2D eigenvalue weighted by Gasteiger charge is -2.12. The molecular weight excluding hydrogens is 236 g/mol. The maximum absolute atomic E-state index is 11.3. The molecule has 1 aromatic rings. The molecule has 4 N–H and O–H groups in total. The molecule has 1 unspecified atom stereocenters. The Morgan fingerprint density at radius 1 is 1.50 bits per heavy atom. The van der Waals surface area contributed by atoms with Gasteiger partial charge in [0.15, 0.2) is 0 Å². The Bertz CT molecular complexity index is 434. The van der Waals surface area contributed by atoms with Gasteiger partial charge in [0.2, 0.25) is 0 Å². The highest BCUT2D eigenvalue weighted by molar-refractivity contribution is 5.90. The Hall–Kier alpha value is -2.08. The van der Waals surface area contributed by atoms with Gasteiger partial charge in [-0.15, -0.1) is 0 Å². The molecule has 6 heteroatoms. The minimum atomic E-state index is -0.937. The van der Waals surface area contributed by atoms with E-state index in [9.17, 15) is 9.59 Å².